The Labute approximate surface area is 106 Å². The predicted octanol–water partition coefficient (Wildman–Crippen LogP) is 3.17. The first-order chi connectivity index (χ1) is 8.63. The smallest absolute Gasteiger partial charge is 0.358 e. The topological polar surface area (TPSA) is 79.1 Å². The van der Waals surface area contributed by atoms with Crippen molar-refractivity contribution >= 4 is 28.5 Å². The molecule has 0 fully saturated rings. The Morgan fingerprint density at radius 2 is 2.17 bits per heavy atom. The van der Waals surface area contributed by atoms with E-state index in [0.29, 0.717) is 16.5 Å². The molecule has 6 heteroatoms. The monoisotopic (exact) mass is 262 g/mol. The van der Waals surface area contributed by atoms with Crippen LogP contribution < -0.4 is 0 Å². The molecule has 0 aliphatic heterocycles. The highest BCUT2D eigenvalue weighted by Crippen LogP contribution is 2.26. The third-order valence-electron chi connectivity index (χ3n) is 2.58. The lowest BCUT2D eigenvalue weighted by molar-refractivity contribution is 0.0686. The van der Waals surface area contributed by atoms with E-state index in [2.05, 4.69) is 10.1 Å². The molecule has 0 radical (unpaired) electrons. The normalized spacial score (nSPS) is 10.9. The van der Waals surface area contributed by atoms with E-state index >= 15 is 0 Å². The van der Waals surface area contributed by atoms with Gasteiger partial charge >= 0.3 is 5.97 Å². The van der Waals surface area contributed by atoms with Crippen molar-refractivity contribution in [1.82, 2.24) is 10.1 Å². The first kappa shape index (κ1) is 10.9. The van der Waals surface area contributed by atoms with E-state index in [1.807, 2.05) is 12.1 Å². The quantitative estimate of drug-likeness (QED) is 0.743. The number of carboxylic acids is 1. The van der Waals surface area contributed by atoms with Crippen molar-refractivity contribution in [2.75, 3.05) is 0 Å². The van der Waals surface area contributed by atoms with Crippen molar-refractivity contribution in [3.63, 3.8) is 0 Å². The minimum Gasteiger partial charge on any atom is -0.476 e. The lowest BCUT2D eigenvalue weighted by Gasteiger charge is -1.89. The summed E-state index contributed by atoms with van der Waals surface area (Å²) >= 11 is 5.89. The molecule has 2 N–H and O–H groups in total. The number of halogens is 1. The molecule has 3 rings (SSSR count). The van der Waals surface area contributed by atoms with Crippen LogP contribution in [0.2, 0.25) is 5.02 Å². The van der Waals surface area contributed by atoms with E-state index < -0.39 is 5.97 Å². The van der Waals surface area contributed by atoms with Crippen LogP contribution in [0.4, 0.5) is 0 Å². The summed E-state index contributed by atoms with van der Waals surface area (Å²) in [6.07, 6.45) is 0. The summed E-state index contributed by atoms with van der Waals surface area (Å²) in [6, 6.07) is 8.65. The Hall–Kier alpha value is -2.27. The van der Waals surface area contributed by atoms with Gasteiger partial charge in [0.05, 0.1) is 5.69 Å². The summed E-state index contributed by atoms with van der Waals surface area (Å²) in [5, 5.41) is 13.8. The van der Waals surface area contributed by atoms with Crippen LogP contribution in [0.3, 0.4) is 0 Å². The van der Waals surface area contributed by atoms with Gasteiger partial charge < -0.3 is 14.6 Å². The van der Waals surface area contributed by atoms with Gasteiger partial charge in [0.25, 0.3) is 0 Å². The van der Waals surface area contributed by atoms with Crippen molar-refractivity contribution in [1.29, 1.82) is 0 Å². The Morgan fingerprint density at radius 1 is 1.33 bits per heavy atom. The molecule has 0 aliphatic carbocycles. The summed E-state index contributed by atoms with van der Waals surface area (Å²) in [4.78, 5) is 13.8. The summed E-state index contributed by atoms with van der Waals surface area (Å²) in [5.41, 5.74) is 1.39. The van der Waals surface area contributed by atoms with E-state index in [-0.39, 0.29) is 5.69 Å². The maximum Gasteiger partial charge on any atom is 0.358 e. The van der Waals surface area contributed by atoms with Crippen LogP contribution in [-0.4, -0.2) is 21.2 Å². The molecule has 3 aromatic rings. The molecule has 5 nitrogen and oxygen atoms in total. The van der Waals surface area contributed by atoms with E-state index in [9.17, 15) is 4.79 Å². The summed E-state index contributed by atoms with van der Waals surface area (Å²) in [5.74, 6) is -0.746. The fourth-order valence-electron chi connectivity index (χ4n) is 1.73. The average Bonchev–Trinajstić information content (AvgIpc) is 2.93. The molecule has 0 bridgehead atoms. The number of H-pyrrole nitrogens is 1. The van der Waals surface area contributed by atoms with Gasteiger partial charge in [0, 0.05) is 22.0 Å². The molecule has 0 atom stereocenters. The largest absolute Gasteiger partial charge is 0.476 e. The second-order valence-electron chi connectivity index (χ2n) is 3.80. The maximum atomic E-state index is 10.7. The van der Waals surface area contributed by atoms with Crippen LogP contribution in [-0.2, 0) is 0 Å². The molecule has 2 heterocycles. The minimum atomic E-state index is -1.12. The van der Waals surface area contributed by atoms with Crippen LogP contribution in [0, 0.1) is 0 Å². The highest BCUT2D eigenvalue weighted by molar-refractivity contribution is 6.31. The summed E-state index contributed by atoms with van der Waals surface area (Å²) in [6.45, 7) is 0. The number of aromatic nitrogens is 2. The van der Waals surface area contributed by atoms with Gasteiger partial charge in [0.1, 0.15) is 0 Å². The predicted molar refractivity (Wildman–Crippen MR) is 65.8 cm³/mol. The maximum absolute atomic E-state index is 10.7. The third-order valence-corrected chi connectivity index (χ3v) is 2.81. The first-order valence-electron chi connectivity index (χ1n) is 5.12. The Morgan fingerprint density at radius 3 is 2.89 bits per heavy atom. The first-order valence-corrected chi connectivity index (χ1v) is 5.50. The SMILES string of the molecule is O=C(O)c1cc(-c2cc3ccc(Cl)cc3[nH]2)on1. The fraction of sp³-hybridized carbons (Fsp3) is 0. The number of hydrogen-bond donors (Lipinski definition) is 2. The zero-order valence-electron chi connectivity index (χ0n) is 8.98. The number of carbonyl (C=O) groups is 1. The number of carboxylic acid groups (broad SMARTS) is 1. The molecule has 0 unspecified atom stereocenters. The molecule has 1 aromatic carbocycles. The van der Waals surface area contributed by atoms with Gasteiger partial charge in [-0.15, -0.1) is 0 Å². The minimum absolute atomic E-state index is 0.123. The van der Waals surface area contributed by atoms with Crippen molar-refractivity contribution in [3.8, 4) is 11.5 Å². The Balaban J connectivity index is 2.10. The highest BCUT2D eigenvalue weighted by atomic mass is 35.5. The fourth-order valence-corrected chi connectivity index (χ4v) is 1.91. The van der Waals surface area contributed by atoms with E-state index in [0.717, 1.165) is 10.9 Å². The Kier molecular flexibility index (Phi) is 2.34. The third kappa shape index (κ3) is 1.74. The molecule has 0 saturated carbocycles. The lowest BCUT2D eigenvalue weighted by Crippen LogP contribution is -1.94. The van der Waals surface area contributed by atoms with Gasteiger partial charge in [-0.3, -0.25) is 0 Å². The van der Waals surface area contributed by atoms with Crippen molar-refractivity contribution in [3.05, 3.63) is 41.0 Å². The van der Waals surface area contributed by atoms with E-state index in [1.54, 1.807) is 12.1 Å². The number of nitrogens with one attached hydrogen (secondary N) is 1. The number of aromatic amines is 1. The van der Waals surface area contributed by atoms with E-state index in [1.165, 1.54) is 6.07 Å². The van der Waals surface area contributed by atoms with Crippen molar-refractivity contribution in [2.24, 2.45) is 0 Å². The van der Waals surface area contributed by atoms with Gasteiger partial charge in [-0.1, -0.05) is 22.8 Å². The van der Waals surface area contributed by atoms with Gasteiger partial charge in [0.15, 0.2) is 11.5 Å². The van der Waals surface area contributed by atoms with Gasteiger partial charge in [0.2, 0.25) is 0 Å². The number of hydrogen-bond acceptors (Lipinski definition) is 3. The molecule has 90 valence electrons. The standard InChI is InChI=1S/C12H7ClN2O3/c13-7-2-1-6-3-9(14-8(6)4-7)11-5-10(12(16)17)15-18-11/h1-5,14H,(H,16,17). The second-order valence-corrected chi connectivity index (χ2v) is 4.23. The van der Waals surface area contributed by atoms with E-state index in [4.69, 9.17) is 21.2 Å². The average molecular weight is 263 g/mol. The number of nitrogens with zero attached hydrogens (tertiary/aromatic N) is 1. The second kappa shape index (κ2) is 3.89. The number of benzene rings is 1. The molecule has 0 amide bonds. The van der Waals surface area contributed by atoms with Crippen LogP contribution in [0.1, 0.15) is 10.5 Å². The van der Waals surface area contributed by atoms with Gasteiger partial charge in [-0.2, -0.15) is 0 Å². The summed E-state index contributed by atoms with van der Waals surface area (Å²) < 4.78 is 4.98. The molecular formula is C12H7ClN2O3. The number of aromatic carboxylic acids is 1. The number of rotatable bonds is 2. The Bertz CT molecular complexity index is 745. The zero-order valence-corrected chi connectivity index (χ0v) is 9.73. The zero-order chi connectivity index (χ0) is 12.7. The molecule has 0 spiro atoms. The van der Waals surface area contributed by atoms with Crippen LogP contribution in [0.5, 0.6) is 0 Å². The van der Waals surface area contributed by atoms with Gasteiger partial charge in [-0.05, 0) is 18.2 Å². The van der Waals surface area contributed by atoms with Crippen LogP contribution >= 0.6 is 11.6 Å². The molecule has 2 aromatic heterocycles. The molecule has 0 aliphatic rings. The van der Waals surface area contributed by atoms with Crippen LogP contribution in [0.25, 0.3) is 22.4 Å². The van der Waals surface area contributed by atoms with Crippen molar-refractivity contribution in [2.45, 2.75) is 0 Å². The number of fused-ring (bicyclic) bond motifs is 1. The molecular weight excluding hydrogens is 256 g/mol. The lowest BCUT2D eigenvalue weighted by atomic mass is 10.2. The molecule has 18 heavy (non-hydrogen) atoms. The van der Waals surface area contributed by atoms with Crippen molar-refractivity contribution < 1.29 is 14.4 Å². The van der Waals surface area contributed by atoms with Gasteiger partial charge in [-0.25, -0.2) is 4.79 Å². The highest BCUT2D eigenvalue weighted by Gasteiger charge is 2.13. The van der Waals surface area contributed by atoms with Crippen LogP contribution in [0.15, 0.2) is 34.9 Å². The molecule has 0 saturated heterocycles. The summed E-state index contributed by atoms with van der Waals surface area (Å²) in [7, 11) is 0.